The Balaban J connectivity index is 1.87. The van der Waals surface area contributed by atoms with E-state index in [2.05, 4.69) is 24.3 Å². The van der Waals surface area contributed by atoms with E-state index >= 15 is 0 Å². The largest absolute Gasteiger partial charge is 0.370 e. The smallest absolute Gasteiger partial charge is 0.217 e. The van der Waals surface area contributed by atoms with Crippen LogP contribution in [0.2, 0.25) is 0 Å². The van der Waals surface area contributed by atoms with E-state index in [9.17, 15) is 4.79 Å². The Hall–Kier alpha value is -2.11. The molecule has 0 saturated carbocycles. The van der Waals surface area contributed by atoms with E-state index in [-0.39, 0.29) is 5.91 Å². The summed E-state index contributed by atoms with van der Waals surface area (Å²) in [4.78, 5) is 16.9. The zero-order valence-corrected chi connectivity index (χ0v) is 14.8. The number of amides is 1. The number of nitrogens with zero attached hydrogens (tertiary/aromatic N) is 1. The maximum Gasteiger partial charge on any atom is 0.217 e. The molecule has 0 saturated heterocycles. The number of aromatic nitrogens is 1. The lowest BCUT2D eigenvalue weighted by molar-refractivity contribution is -0.118. The molecule has 0 spiro atoms. The molecular weight excluding hydrogens is 336 g/mol. The Morgan fingerprint density at radius 2 is 1.62 bits per heavy atom. The number of carbonyl (C=O) groups is 1. The highest BCUT2D eigenvalue weighted by Crippen LogP contribution is 2.40. The summed E-state index contributed by atoms with van der Waals surface area (Å²) in [6, 6.07) is 20.6. The van der Waals surface area contributed by atoms with Crippen LogP contribution in [0.4, 0.5) is 0 Å². The fraction of sp³-hybridized carbons (Fsp3) is 0.158. The molecule has 0 atom stereocenters. The van der Waals surface area contributed by atoms with Gasteiger partial charge in [0, 0.05) is 17.7 Å². The minimum absolute atomic E-state index is 0.246. The summed E-state index contributed by atoms with van der Waals surface area (Å²) in [6.45, 7) is 0. The first-order chi connectivity index (χ1) is 11.7. The van der Waals surface area contributed by atoms with Gasteiger partial charge in [0.1, 0.15) is 0 Å². The molecule has 0 aliphatic heterocycles. The first-order valence-electron chi connectivity index (χ1n) is 7.77. The van der Waals surface area contributed by atoms with Gasteiger partial charge in [0.2, 0.25) is 5.91 Å². The molecule has 24 heavy (non-hydrogen) atoms. The molecule has 0 unspecified atom stereocenters. The molecule has 2 aromatic carbocycles. The Morgan fingerprint density at radius 1 is 1.00 bits per heavy atom. The molecule has 1 aromatic heterocycles. The quantitative estimate of drug-likeness (QED) is 0.488. The maximum absolute atomic E-state index is 10.8. The molecule has 0 bridgehead atoms. The summed E-state index contributed by atoms with van der Waals surface area (Å²) in [6.07, 6.45) is 1.20. The number of carbonyl (C=O) groups excluding carboxylic acids is 1. The van der Waals surface area contributed by atoms with Crippen LogP contribution in [0, 0.1) is 0 Å². The van der Waals surface area contributed by atoms with Crippen molar-refractivity contribution in [2.24, 2.45) is 5.73 Å². The lowest BCUT2D eigenvalue weighted by Gasteiger charge is -2.02. The molecule has 3 aromatic rings. The number of primary amides is 1. The van der Waals surface area contributed by atoms with Crippen LogP contribution in [0.3, 0.4) is 0 Å². The van der Waals surface area contributed by atoms with Crippen LogP contribution in [0.5, 0.6) is 0 Å². The third-order valence-corrected chi connectivity index (χ3v) is 5.82. The minimum atomic E-state index is -0.246. The van der Waals surface area contributed by atoms with Gasteiger partial charge in [-0.25, -0.2) is 4.98 Å². The number of nitrogens with two attached hydrogens (primary N) is 1. The van der Waals surface area contributed by atoms with Gasteiger partial charge in [0.15, 0.2) is 4.34 Å². The van der Waals surface area contributed by atoms with Crippen molar-refractivity contribution in [1.82, 2.24) is 4.98 Å². The molecule has 3 rings (SSSR count). The summed E-state index contributed by atoms with van der Waals surface area (Å²) in [5, 5.41) is 0. The molecule has 122 valence electrons. The third-order valence-electron chi connectivity index (χ3n) is 3.48. The molecule has 5 heteroatoms. The highest BCUT2D eigenvalue weighted by atomic mass is 32.2. The van der Waals surface area contributed by atoms with E-state index in [1.165, 1.54) is 10.4 Å². The summed E-state index contributed by atoms with van der Waals surface area (Å²) in [7, 11) is 0. The van der Waals surface area contributed by atoms with E-state index in [0.29, 0.717) is 6.42 Å². The second kappa shape index (κ2) is 8.13. The van der Waals surface area contributed by atoms with Gasteiger partial charge in [-0.2, -0.15) is 0 Å². The van der Waals surface area contributed by atoms with E-state index in [1.54, 1.807) is 23.1 Å². The Morgan fingerprint density at radius 3 is 2.25 bits per heavy atom. The topological polar surface area (TPSA) is 56.0 Å². The van der Waals surface area contributed by atoms with E-state index in [4.69, 9.17) is 10.7 Å². The van der Waals surface area contributed by atoms with E-state index in [1.807, 2.05) is 36.4 Å². The van der Waals surface area contributed by atoms with Crippen LogP contribution in [0.15, 0.2) is 65.0 Å². The summed E-state index contributed by atoms with van der Waals surface area (Å²) >= 11 is 3.39. The fourth-order valence-electron chi connectivity index (χ4n) is 2.34. The van der Waals surface area contributed by atoms with Gasteiger partial charge in [-0.15, -0.1) is 11.3 Å². The standard InChI is InChI=1S/C19H18N2OS2/c20-16(22)12-7-13-23-19-21-17(14-8-3-1-4-9-14)18(24-19)15-10-5-2-6-11-15/h1-6,8-11H,7,12-13H2,(H2,20,22). The van der Waals surface area contributed by atoms with Crippen LogP contribution >= 0.6 is 23.1 Å². The molecule has 1 amide bonds. The molecule has 3 nitrogen and oxygen atoms in total. The summed E-state index contributed by atoms with van der Waals surface area (Å²) in [5.74, 6) is 0.600. The van der Waals surface area contributed by atoms with Gasteiger partial charge in [0.25, 0.3) is 0 Å². The van der Waals surface area contributed by atoms with Crippen molar-refractivity contribution < 1.29 is 4.79 Å². The number of thiazole rings is 1. The van der Waals surface area contributed by atoms with Gasteiger partial charge in [-0.3, -0.25) is 4.79 Å². The van der Waals surface area contributed by atoms with Gasteiger partial charge in [-0.1, -0.05) is 72.4 Å². The van der Waals surface area contributed by atoms with Crippen molar-refractivity contribution in [3.05, 3.63) is 60.7 Å². The number of thioether (sulfide) groups is 1. The third kappa shape index (κ3) is 4.24. The first kappa shape index (κ1) is 16.7. The molecule has 1 heterocycles. The average molecular weight is 355 g/mol. The second-order valence-corrected chi connectivity index (χ2v) is 7.65. The maximum atomic E-state index is 10.8. The Labute approximate surface area is 149 Å². The van der Waals surface area contributed by atoms with Crippen LogP contribution in [0.25, 0.3) is 21.7 Å². The van der Waals surface area contributed by atoms with E-state index < -0.39 is 0 Å². The van der Waals surface area contributed by atoms with Crippen LogP contribution < -0.4 is 5.73 Å². The molecule has 0 aliphatic rings. The van der Waals surface area contributed by atoms with Crippen molar-refractivity contribution in [3.63, 3.8) is 0 Å². The summed E-state index contributed by atoms with van der Waals surface area (Å²) in [5.41, 5.74) is 8.51. The number of hydrogen-bond acceptors (Lipinski definition) is 4. The predicted octanol–water partition coefficient (Wildman–Crippen LogP) is 4.83. The molecule has 0 aliphatic carbocycles. The molecular formula is C19H18N2OS2. The molecule has 2 N–H and O–H groups in total. The molecule has 0 fully saturated rings. The monoisotopic (exact) mass is 354 g/mol. The lowest BCUT2D eigenvalue weighted by Crippen LogP contribution is -2.09. The normalized spacial score (nSPS) is 10.7. The number of rotatable bonds is 7. The van der Waals surface area contributed by atoms with Crippen molar-refractivity contribution in [2.75, 3.05) is 5.75 Å². The van der Waals surface area contributed by atoms with Crippen molar-refractivity contribution in [2.45, 2.75) is 17.2 Å². The Bertz CT molecular complexity index is 744. The SMILES string of the molecule is NC(=O)CCCSc1nc(-c2ccccc2)c(-c2ccccc2)s1. The van der Waals surface area contributed by atoms with E-state index in [0.717, 1.165) is 27.8 Å². The van der Waals surface area contributed by atoms with Gasteiger partial charge in [0.05, 0.1) is 10.6 Å². The van der Waals surface area contributed by atoms with Gasteiger partial charge >= 0.3 is 0 Å². The van der Waals surface area contributed by atoms with Gasteiger partial charge < -0.3 is 5.73 Å². The van der Waals surface area contributed by atoms with Crippen molar-refractivity contribution in [3.8, 4) is 21.7 Å². The summed E-state index contributed by atoms with van der Waals surface area (Å²) < 4.78 is 1.03. The second-order valence-electron chi connectivity index (χ2n) is 5.31. The zero-order valence-electron chi connectivity index (χ0n) is 13.1. The molecule has 0 radical (unpaired) electrons. The van der Waals surface area contributed by atoms with Crippen LogP contribution in [0.1, 0.15) is 12.8 Å². The van der Waals surface area contributed by atoms with Gasteiger partial charge in [-0.05, 0) is 12.0 Å². The Kier molecular flexibility index (Phi) is 5.67. The van der Waals surface area contributed by atoms with Crippen LogP contribution in [-0.4, -0.2) is 16.6 Å². The van der Waals surface area contributed by atoms with Crippen molar-refractivity contribution >= 4 is 29.0 Å². The lowest BCUT2D eigenvalue weighted by atomic mass is 10.1. The fourth-order valence-corrected chi connectivity index (χ4v) is 4.53. The zero-order chi connectivity index (χ0) is 16.8. The minimum Gasteiger partial charge on any atom is -0.370 e. The number of benzene rings is 2. The van der Waals surface area contributed by atoms with Crippen molar-refractivity contribution in [1.29, 1.82) is 0 Å². The highest BCUT2D eigenvalue weighted by molar-refractivity contribution is 8.01. The highest BCUT2D eigenvalue weighted by Gasteiger charge is 2.15. The van der Waals surface area contributed by atoms with Crippen LogP contribution in [-0.2, 0) is 4.79 Å². The number of hydrogen-bond donors (Lipinski definition) is 1. The predicted molar refractivity (Wildman–Crippen MR) is 102 cm³/mol. The first-order valence-corrected chi connectivity index (χ1v) is 9.57. The average Bonchev–Trinajstić information content (AvgIpc) is 3.04.